The zero-order chi connectivity index (χ0) is 57.8. The number of carbonyl (C=O) groups is 3. The van der Waals surface area contributed by atoms with E-state index in [1.165, 1.54) is 128 Å². The van der Waals surface area contributed by atoms with Gasteiger partial charge in [-0.15, -0.1) is 0 Å². The molecule has 0 aromatic heterocycles. The molecular formula is C74H122O6. The quantitative estimate of drug-likeness (QED) is 0.0261. The fraction of sp³-hybridized carbons (Fsp3) is 0.662. The van der Waals surface area contributed by atoms with Crippen LogP contribution < -0.4 is 0 Å². The van der Waals surface area contributed by atoms with Crippen LogP contribution in [0, 0.1) is 0 Å². The SMILES string of the molecule is CC/C=C\C/C=C\C/C=C\C/C=C\C/C=C\C/C=C\CCCCC(=O)OC(COC(=O)CCCCCCCCCCCCC/C=C\C/C=C\C/C=C\C/C=C\C/C=C\CC)COC(=O)CCCCCCCCCCCCCCCC. The predicted octanol–water partition coefficient (Wildman–Crippen LogP) is 22.9. The average molecular weight is 1110 g/mol. The summed E-state index contributed by atoms with van der Waals surface area (Å²) in [5, 5.41) is 0. The Balaban J connectivity index is 4.40. The van der Waals surface area contributed by atoms with Gasteiger partial charge in [0.05, 0.1) is 0 Å². The van der Waals surface area contributed by atoms with Gasteiger partial charge in [-0.2, -0.15) is 0 Å². The van der Waals surface area contributed by atoms with Crippen LogP contribution >= 0.6 is 0 Å². The standard InChI is InChI=1S/C74H122O6/c1-4-7-10-13-16-19-22-25-28-30-32-34-35-36-37-38-39-41-42-44-46-49-52-55-58-61-64-67-73(76)79-70-71(69-78-72(75)66-63-60-57-54-51-48-27-24-21-18-15-12-9-6-3)80-74(77)68-65-62-59-56-53-50-47-45-43-40-33-31-29-26-23-20-17-14-11-8-5-2/h7-8,10-11,16-17,19-20,25-26,28-29,32-34,36-37,40,45,47,53,56,71H,4-6,9,12-15,18,21-24,27,30-31,35,38-39,41-44,46,48-52,54-55,57-70H2,1-3H3/b10-7-,11-8-,19-16-,20-17-,28-25-,29-26-,34-32-,37-36-,40-33-,47-45-,56-53-. The van der Waals surface area contributed by atoms with Crippen molar-refractivity contribution in [3.63, 3.8) is 0 Å². The van der Waals surface area contributed by atoms with E-state index < -0.39 is 6.10 Å². The van der Waals surface area contributed by atoms with Crippen molar-refractivity contribution in [3.05, 3.63) is 134 Å². The number of rotatable bonds is 59. The molecule has 80 heavy (non-hydrogen) atoms. The van der Waals surface area contributed by atoms with Crippen molar-refractivity contribution in [1.82, 2.24) is 0 Å². The van der Waals surface area contributed by atoms with Gasteiger partial charge in [-0.25, -0.2) is 0 Å². The molecule has 0 aromatic carbocycles. The molecule has 1 unspecified atom stereocenters. The van der Waals surface area contributed by atoms with Crippen molar-refractivity contribution in [1.29, 1.82) is 0 Å². The highest BCUT2D eigenvalue weighted by molar-refractivity contribution is 5.71. The summed E-state index contributed by atoms with van der Waals surface area (Å²) in [7, 11) is 0. The van der Waals surface area contributed by atoms with Gasteiger partial charge in [0.2, 0.25) is 0 Å². The summed E-state index contributed by atoms with van der Waals surface area (Å²) in [6.07, 6.45) is 94.6. The average Bonchev–Trinajstić information content (AvgIpc) is 3.46. The third-order valence-electron chi connectivity index (χ3n) is 13.9. The van der Waals surface area contributed by atoms with Gasteiger partial charge in [0.25, 0.3) is 0 Å². The first-order valence-electron chi connectivity index (χ1n) is 33.2. The van der Waals surface area contributed by atoms with Crippen molar-refractivity contribution >= 4 is 17.9 Å². The van der Waals surface area contributed by atoms with Crippen molar-refractivity contribution in [3.8, 4) is 0 Å². The minimum Gasteiger partial charge on any atom is -0.462 e. The molecule has 0 amide bonds. The van der Waals surface area contributed by atoms with E-state index in [0.717, 1.165) is 122 Å². The van der Waals surface area contributed by atoms with Gasteiger partial charge in [0.15, 0.2) is 6.10 Å². The Labute approximate surface area is 494 Å². The molecule has 0 saturated heterocycles. The first-order valence-corrected chi connectivity index (χ1v) is 33.2. The molecular weight excluding hydrogens is 985 g/mol. The summed E-state index contributed by atoms with van der Waals surface area (Å²) >= 11 is 0. The van der Waals surface area contributed by atoms with Gasteiger partial charge >= 0.3 is 17.9 Å². The highest BCUT2D eigenvalue weighted by Crippen LogP contribution is 2.16. The molecule has 0 aliphatic carbocycles. The lowest BCUT2D eigenvalue weighted by atomic mass is 10.0. The van der Waals surface area contributed by atoms with Crippen LogP contribution in [0.25, 0.3) is 0 Å². The molecule has 0 aromatic rings. The summed E-state index contributed by atoms with van der Waals surface area (Å²) in [6, 6.07) is 0. The molecule has 0 aliphatic rings. The van der Waals surface area contributed by atoms with Gasteiger partial charge in [-0.3, -0.25) is 14.4 Å². The van der Waals surface area contributed by atoms with E-state index in [-0.39, 0.29) is 37.5 Å². The van der Waals surface area contributed by atoms with Crippen LogP contribution in [0.3, 0.4) is 0 Å². The third kappa shape index (κ3) is 64.4. The van der Waals surface area contributed by atoms with Crippen LogP contribution in [-0.2, 0) is 28.6 Å². The Bertz CT molecular complexity index is 1700. The first kappa shape index (κ1) is 75.5. The summed E-state index contributed by atoms with van der Waals surface area (Å²) < 4.78 is 16.9. The zero-order valence-electron chi connectivity index (χ0n) is 52.0. The topological polar surface area (TPSA) is 78.9 Å². The van der Waals surface area contributed by atoms with Gasteiger partial charge < -0.3 is 14.2 Å². The lowest BCUT2D eigenvalue weighted by molar-refractivity contribution is -0.167. The van der Waals surface area contributed by atoms with Gasteiger partial charge in [0, 0.05) is 19.3 Å². The number of carbonyl (C=O) groups excluding carboxylic acids is 3. The van der Waals surface area contributed by atoms with Crippen molar-refractivity contribution in [2.75, 3.05) is 13.2 Å². The van der Waals surface area contributed by atoms with Crippen molar-refractivity contribution in [2.45, 2.75) is 303 Å². The Hall–Kier alpha value is -4.45. The number of hydrogen-bond donors (Lipinski definition) is 0. The van der Waals surface area contributed by atoms with Crippen LogP contribution in [0.5, 0.6) is 0 Å². The zero-order valence-corrected chi connectivity index (χ0v) is 52.0. The summed E-state index contributed by atoms with van der Waals surface area (Å²) in [6.45, 7) is 6.39. The molecule has 0 bridgehead atoms. The lowest BCUT2D eigenvalue weighted by Crippen LogP contribution is -2.30. The Kier molecular flexibility index (Phi) is 63.3. The molecule has 6 heteroatoms. The van der Waals surface area contributed by atoms with E-state index in [1.54, 1.807) is 0 Å². The molecule has 454 valence electrons. The van der Waals surface area contributed by atoms with Gasteiger partial charge in [0.1, 0.15) is 13.2 Å². The smallest absolute Gasteiger partial charge is 0.306 e. The van der Waals surface area contributed by atoms with Gasteiger partial charge in [-0.05, 0) is 116 Å². The fourth-order valence-electron chi connectivity index (χ4n) is 9.00. The van der Waals surface area contributed by atoms with Crippen LogP contribution in [0.4, 0.5) is 0 Å². The Morgan fingerprint density at radius 1 is 0.263 bits per heavy atom. The van der Waals surface area contributed by atoms with Crippen molar-refractivity contribution < 1.29 is 28.6 Å². The molecule has 0 heterocycles. The summed E-state index contributed by atoms with van der Waals surface area (Å²) in [5.41, 5.74) is 0. The van der Waals surface area contributed by atoms with E-state index in [2.05, 4.69) is 154 Å². The van der Waals surface area contributed by atoms with Crippen LogP contribution in [-0.4, -0.2) is 37.2 Å². The molecule has 6 nitrogen and oxygen atoms in total. The molecule has 0 aliphatic heterocycles. The molecule has 0 saturated carbocycles. The van der Waals surface area contributed by atoms with Crippen LogP contribution in [0.15, 0.2) is 134 Å². The minimum absolute atomic E-state index is 0.0971. The normalized spacial score (nSPS) is 13.0. The highest BCUT2D eigenvalue weighted by atomic mass is 16.6. The van der Waals surface area contributed by atoms with E-state index >= 15 is 0 Å². The fourth-order valence-corrected chi connectivity index (χ4v) is 9.00. The number of allylic oxidation sites excluding steroid dienone is 22. The number of esters is 3. The second-order valence-electron chi connectivity index (χ2n) is 21.6. The number of hydrogen-bond acceptors (Lipinski definition) is 6. The Morgan fingerprint density at radius 2 is 0.487 bits per heavy atom. The maximum absolute atomic E-state index is 12.9. The summed E-state index contributed by atoms with van der Waals surface area (Å²) in [4.78, 5) is 38.4. The predicted molar refractivity (Wildman–Crippen MR) is 348 cm³/mol. The molecule has 0 N–H and O–H groups in total. The maximum atomic E-state index is 12.9. The third-order valence-corrected chi connectivity index (χ3v) is 13.9. The van der Waals surface area contributed by atoms with E-state index in [9.17, 15) is 14.4 Å². The molecule has 0 spiro atoms. The maximum Gasteiger partial charge on any atom is 0.306 e. The van der Waals surface area contributed by atoms with E-state index in [0.29, 0.717) is 19.3 Å². The first-order chi connectivity index (χ1) is 39.5. The van der Waals surface area contributed by atoms with Crippen molar-refractivity contribution in [2.24, 2.45) is 0 Å². The monoisotopic (exact) mass is 1110 g/mol. The summed E-state index contributed by atoms with van der Waals surface area (Å²) in [5.74, 6) is -0.938. The largest absolute Gasteiger partial charge is 0.462 e. The van der Waals surface area contributed by atoms with Crippen LogP contribution in [0.1, 0.15) is 297 Å². The lowest BCUT2D eigenvalue weighted by Gasteiger charge is -2.18. The van der Waals surface area contributed by atoms with E-state index in [4.69, 9.17) is 14.2 Å². The second kappa shape index (κ2) is 67.1. The highest BCUT2D eigenvalue weighted by Gasteiger charge is 2.19. The number of unbranched alkanes of at least 4 members (excludes halogenated alkanes) is 26. The molecule has 0 radical (unpaired) electrons. The molecule has 0 rings (SSSR count). The Morgan fingerprint density at radius 3 is 0.787 bits per heavy atom. The minimum atomic E-state index is -0.806. The molecule has 1 atom stereocenters. The van der Waals surface area contributed by atoms with E-state index in [1.807, 2.05) is 0 Å². The van der Waals surface area contributed by atoms with Crippen LogP contribution in [0.2, 0.25) is 0 Å². The molecule has 0 fully saturated rings. The number of ether oxygens (including phenoxy) is 3. The second-order valence-corrected chi connectivity index (χ2v) is 21.6. The van der Waals surface area contributed by atoms with Gasteiger partial charge in [-0.1, -0.05) is 296 Å².